The van der Waals surface area contributed by atoms with Crippen molar-refractivity contribution in [1.82, 2.24) is 4.98 Å². The molecule has 1 aliphatic rings. The van der Waals surface area contributed by atoms with E-state index in [-0.39, 0.29) is 11.8 Å². The normalized spacial score (nSPS) is 16.8. The minimum atomic E-state index is -0.498. The average Bonchev–Trinajstić information content (AvgIpc) is 2.95. The lowest BCUT2D eigenvalue weighted by Gasteiger charge is -2.23. The van der Waals surface area contributed by atoms with Gasteiger partial charge in [0.15, 0.2) is 11.2 Å². The third-order valence-electron chi connectivity index (χ3n) is 3.61. The van der Waals surface area contributed by atoms with Crippen LogP contribution in [0.5, 0.6) is 5.75 Å². The first-order valence-electron chi connectivity index (χ1n) is 7.63. The maximum atomic E-state index is 12.0. The molecule has 1 aromatic heterocycles. The van der Waals surface area contributed by atoms with Gasteiger partial charge in [-0.2, -0.15) is 0 Å². The van der Waals surface area contributed by atoms with E-state index in [0.717, 1.165) is 11.3 Å². The van der Waals surface area contributed by atoms with Crippen LogP contribution < -0.4 is 15.4 Å². The monoisotopic (exact) mass is 345 g/mol. The van der Waals surface area contributed by atoms with E-state index in [4.69, 9.17) is 4.74 Å². The van der Waals surface area contributed by atoms with Gasteiger partial charge in [-0.3, -0.25) is 9.59 Å². The molecule has 1 atom stereocenters. The van der Waals surface area contributed by atoms with Crippen molar-refractivity contribution in [3.63, 3.8) is 0 Å². The summed E-state index contributed by atoms with van der Waals surface area (Å²) in [5.41, 5.74) is 1.74. The van der Waals surface area contributed by atoms with Crippen LogP contribution >= 0.6 is 11.3 Å². The van der Waals surface area contributed by atoms with E-state index in [1.165, 1.54) is 11.3 Å². The second-order valence-electron chi connectivity index (χ2n) is 6.70. The van der Waals surface area contributed by atoms with Crippen molar-refractivity contribution in [2.45, 2.75) is 33.8 Å². The Morgan fingerprint density at radius 1 is 1.38 bits per heavy atom. The van der Waals surface area contributed by atoms with Gasteiger partial charge >= 0.3 is 0 Å². The molecule has 7 heteroatoms. The summed E-state index contributed by atoms with van der Waals surface area (Å²) >= 11 is 1.37. The van der Waals surface area contributed by atoms with Crippen molar-refractivity contribution in [3.05, 3.63) is 23.6 Å². The van der Waals surface area contributed by atoms with Crippen LogP contribution in [0.15, 0.2) is 23.6 Å². The zero-order valence-electron chi connectivity index (χ0n) is 14.0. The number of anilines is 2. The van der Waals surface area contributed by atoms with Crippen molar-refractivity contribution in [2.24, 2.45) is 5.41 Å². The molecule has 1 aromatic carbocycles. The molecule has 1 aliphatic heterocycles. The number of amides is 2. The fraction of sp³-hybridized carbons (Fsp3) is 0.353. The first kappa shape index (κ1) is 16.4. The molecule has 0 saturated heterocycles. The average molecular weight is 345 g/mol. The highest BCUT2D eigenvalue weighted by Crippen LogP contribution is 2.35. The van der Waals surface area contributed by atoms with E-state index in [1.807, 2.05) is 44.4 Å². The molecule has 1 unspecified atom stereocenters. The van der Waals surface area contributed by atoms with Crippen LogP contribution in [0.4, 0.5) is 10.8 Å². The number of benzene rings is 1. The van der Waals surface area contributed by atoms with Gasteiger partial charge in [-0.05, 0) is 25.1 Å². The number of hydrogen-bond donors (Lipinski definition) is 2. The lowest BCUT2D eigenvalue weighted by molar-refractivity contribution is -0.123. The van der Waals surface area contributed by atoms with E-state index in [1.54, 1.807) is 6.92 Å². The van der Waals surface area contributed by atoms with Crippen LogP contribution in [0.2, 0.25) is 0 Å². The molecule has 3 rings (SSSR count). The first-order valence-corrected chi connectivity index (χ1v) is 8.51. The second-order valence-corrected chi connectivity index (χ2v) is 7.56. The van der Waals surface area contributed by atoms with Crippen LogP contribution in [0.1, 0.15) is 27.7 Å². The van der Waals surface area contributed by atoms with Crippen LogP contribution in [0.3, 0.4) is 0 Å². The summed E-state index contributed by atoms with van der Waals surface area (Å²) in [4.78, 5) is 28.2. The van der Waals surface area contributed by atoms with Crippen molar-refractivity contribution in [1.29, 1.82) is 0 Å². The lowest BCUT2D eigenvalue weighted by Crippen LogP contribution is -2.34. The summed E-state index contributed by atoms with van der Waals surface area (Å²) in [7, 11) is 0. The number of hydrogen-bond acceptors (Lipinski definition) is 5. The molecule has 0 aliphatic carbocycles. The number of nitrogens with one attached hydrogen (secondary N) is 2. The summed E-state index contributed by atoms with van der Waals surface area (Å²) in [6, 6.07) is 5.52. The Morgan fingerprint density at radius 2 is 2.12 bits per heavy atom. The molecule has 0 saturated carbocycles. The number of aromatic nitrogens is 1. The highest BCUT2D eigenvalue weighted by atomic mass is 32.1. The fourth-order valence-corrected chi connectivity index (χ4v) is 2.83. The number of carbonyl (C=O) groups is 2. The quantitative estimate of drug-likeness (QED) is 0.873. The van der Waals surface area contributed by atoms with Gasteiger partial charge in [0.2, 0.25) is 5.91 Å². The fourth-order valence-electron chi connectivity index (χ4n) is 2.12. The molecular formula is C17H19N3O3S. The maximum absolute atomic E-state index is 12.0. The molecule has 0 spiro atoms. The Bertz CT molecular complexity index is 808. The Balaban J connectivity index is 1.82. The predicted molar refractivity (Wildman–Crippen MR) is 94.4 cm³/mol. The summed E-state index contributed by atoms with van der Waals surface area (Å²) in [5, 5.41) is 8.06. The Labute approximate surface area is 144 Å². The lowest BCUT2D eigenvalue weighted by atomic mass is 9.96. The van der Waals surface area contributed by atoms with Gasteiger partial charge in [-0.25, -0.2) is 4.98 Å². The van der Waals surface area contributed by atoms with Crippen molar-refractivity contribution in [3.8, 4) is 17.0 Å². The number of rotatable bonds is 2. The highest BCUT2D eigenvalue weighted by Gasteiger charge is 2.24. The summed E-state index contributed by atoms with van der Waals surface area (Å²) < 4.78 is 5.54. The standard InChI is InChI=1S/C17H19N3O3S/c1-9-14(21)18-11-7-10(5-6-13(11)23-9)12-8-24-16(19-12)20-15(22)17(2,3)4/h5-9H,1-4H3,(H,18,21)(H,19,20,22). The Hall–Kier alpha value is -2.41. The predicted octanol–water partition coefficient (Wildman–Crippen LogP) is 3.51. The topological polar surface area (TPSA) is 80.3 Å². The van der Waals surface area contributed by atoms with Crippen molar-refractivity contribution in [2.75, 3.05) is 10.6 Å². The molecule has 126 valence electrons. The minimum absolute atomic E-state index is 0.0801. The minimum Gasteiger partial charge on any atom is -0.479 e. The Kier molecular flexibility index (Phi) is 4.04. The van der Waals surface area contributed by atoms with Gasteiger partial charge in [-0.15, -0.1) is 11.3 Å². The highest BCUT2D eigenvalue weighted by molar-refractivity contribution is 7.14. The number of fused-ring (bicyclic) bond motifs is 1. The molecule has 24 heavy (non-hydrogen) atoms. The first-order chi connectivity index (χ1) is 11.2. The second kappa shape index (κ2) is 5.90. The van der Waals surface area contributed by atoms with Gasteiger partial charge in [0.25, 0.3) is 5.91 Å². The molecule has 0 radical (unpaired) electrons. The van der Waals surface area contributed by atoms with Gasteiger partial charge < -0.3 is 15.4 Å². The zero-order chi connectivity index (χ0) is 17.5. The molecule has 2 heterocycles. The van der Waals surface area contributed by atoms with Gasteiger partial charge in [-0.1, -0.05) is 20.8 Å². The SMILES string of the molecule is CC1Oc2ccc(-c3csc(NC(=O)C(C)(C)C)n3)cc2NC1=O. The summed E-state index contributed by atoms with van der Waals surface area (Å²) in [6.07, 6.45) is -0.498. The summed E-state index contributed by atoms with van der Waals surface area (Å²) in [5.74, 6) is 0.391. The van der Waals surface area contributed by atoms with E-state index >= 15 is 0 Å². The van der Waals surface area contributed by atoms with E-state index in [0.29, 0.717) is 16.6 Å². The Morgan fingerprint density at radius 3 is 2.83 bits per heavy atom. The van der Waals surface area contributed by atoms with Crippen LogP contribution in [0.25, 0.3) is 11.3 Å². The molecule has 2 N–H and O–H groups in total. The van der Waals surface area contributed by atoms with Gasteiger partial charge in [0.05, 0.1) is 11.4 Å². The van der Waals surface area contributed by atoms with Crippen LogP contribution in [0, 0.1) is 5.41 Å². The third kappa shape index (κ3) is 3.26. The van der Waals surface area contributed by atoms with E-state index in [2.05, 4.69) is 15.6 Å². The molecule has 6 nitrogen and oxygen atoms in total. The number of nitrogens with zero attached hydrogens (tertiary/aromatic N) is 1. The number of thiazole rings is 1. The zero-order valence-corrected chi connectivity index (χ0v) is 14.8. The van der Waals surface area contributed by atoms with Gasteiger partial charge in [0.1, 0.15) is 5.75 Å². The largest absolute Gasteiger partial charge is 0.479 e. The molecule has 2 aromatic rings. The number of carbonyl (C=O) groups excluding carboxylic acids is 2. The maximum Gasteiger partial charge on any atom is 0.265 e. The smallest absolute Gasteiger partial charge is 0.265 e. The van der Waals surface area contributed by atoms with E-state index < -0.39 is 11.5 Å². The molecule has 0 fully saturated rings. The van der Waals surface area contributed by atoms with Crippen LogP contribution in [-0.2, 0) is 9.59 Å². The molecule has 2 amide bonds. The summed E-state index contributed by atoms with van der Waals surface area (Å²) in [6.45, 7) is 7.26. The van der Waals surface area contributed by atoms with Gasteiger partial charge in [0, 0.05) is 16.4 Å². The molecule has 0 bridgehead atoms. The third-order valence-corrected chi connectivity index (χ3v) is 4.37. The van der Waals surface area contributed by atoms with Crippen molar-refractivity contribution < 1.29 is 14.3 Å². The van der Waals surface area contributed by atoms with Crippen LogP contribution in [-0.4, -0.2) is 22.9 Å². The number of ether oxygens (including phenoxy) is 1. The van der Waals surface area contributed by atoms with E-state index in [9.17, 15) is 9.59 Å². The molecular weight excluding hydrogens is 326 g/mol. The van der Waals surface area contributed by atoms with Crippen molar-refractivity contribution >= 4 is 34.0 Å².